The third-order valence-corrected chi connectivity index (χ3v) is 2.23. The van der Waals surface area contributed by atoms with E-state index >= 15 is 0 Å². The monoisotopic (exact) mass is 178 g/mol. The normalized spacial score (nSPS) is 15.7. The van der Waals surface area contributed by atoms with Crippen molar-refractivity contribution in [3.63, 3.8) is 0 Å². The van der Waals surface area contributed by atoms with E-state index < -0.39 is 0 Å². The molecule has 70 valence electrons. The number of nitrogens with two attached hydrogens (primary N) is 1. The van der Waals surface area contributed by atoms with Gasteiger partial charge >= 0.3 is 0 Å². The van der Waals surface area contributed by atoms with Crippen molar-refractivity contribution in [2.24, 2.45) is 5.92 Å². The van der Waals surface area contributed by atoms with Gasteiger partial charge in [0.15, 0.2) is 0 Å². The Hall–Kier alpha value is -1.32. The number of anilines is 2. The molecule has 1 heterocycles. The lowest BCUT2D eigenvalue weighted by Crippen LogP contribution is -2.05. The van der Waals surface area contributed by atoms with E-state index in [0.29, 0.717) is 5.95 Å². The number of hydrogen-bond donors (Lipinski definition) is 2. The Kier molecular flexibility index (Phi) is 2.29. The fraction of sp³-hybridized carbons (Fsp3) is 0.556. The number of hydrogen-bond acceptors (Lipinski definition) is 4. The molecule has 4 nitrogen and oxygen atoms in total. The molecule has 1 aliphatic rings. The number of nitrogen functional groups attached to an aromatic ring is 1. The average Bonchev–Trinajstić information content (AvgIpc) is 2.88. The second kappa shape index (κ2) is 3.60. The van der Waals surface area contributed by atoms with Crippen LogP contribution >= 0.6 is 0 Å². The van der Waals surface area contributed by atoms with Crippen LogP contribution in [0.5, 0.6) is 0 Å². The fourth-order valence-corrected chi connectivity index (χ4v) is 1.28. The van der Waals surface area contributed by atoms with Gasteiger partial charge in [0.1, 0.15) is 5.82 Å². The topological polar surface area (TPSA) is 63.8 Å². The maximum absolute atomic E-state index is 5.44. The van der Waals surface area contributed by atoms with Crippen LogP contribution in [0.2, 0.25) is 0 Å². The minimum absolute atomic E-state index is 0.330. The Morgan fingerprint density at radius 1 is 1.54 bits per heavy atom. The first-order valence-electron chi connectivity index (χ1n) is 4.67. The smallest absolute Gasteiger partial charge is 0.221 e. The van der Waals surface area contributed by atoms with Gasteiger partial charge < -0.3 is 11.1 Å². The Bertz CT molecular complexity index is 283. The second-order valence-electron chi connectivity index (χ2n) is 3.46. The van der Waals surface area contributed by atoms with Gasteiger partial charge in [-0.2, -0.15) is 4.98 Å². The van der Waals surface area contributed by atoms with Crippen molar-refractivity contribution in [1.82, 2.24) is 9.97 Å². The Labute approximate surface area is 77.6 Å². The SMILES string of the molecule is Nc1nccc(NCCC2CC2)n1. The van der Waals surface area contributed by atoms with Crippen LogP contribution in [0.1, 0.15) is 19.3 Å². The van der Waals surface area contributed by atoms with Crippen molar-refractivity contribution in [3.05, 3.63) is 12.3 Å². The van der Waals surface area contributed by atoms with Crippen LogP contribution in [0.4, 0.5) is 11.8 Å². The van der Waals surface area contributed by atoms with Crippen LogP contribution in [0.15, 0.2) is 12.3 Å². The summed E-state index contributed by atoms with van der Waals surface area (Å²) in [7, 11) is 0. The van der Waals surface area contributed by atoms with Crippen molar-refractivity contribution in [3.8, 4) is 0 Å². The summed E-state index contributed by atoms with van der Waals surface area (Å²) in [5.41, 5.74) is 5.44. The van der Waals surface area contributed by atoms with Crippen LogP contribution in [0.3, 0.4) is 0 Å². The summed E-state index contributed by atoms with van der Waals surface area (Å²) < 4.78 is 0. The average molecular weight is 178 g/mol. The van der Waals surface area contributed by atoms with Crippen LogP contribution < -0.4 is 11.1 Å². The summed E-state index contributed by atoms with van der Waals surface area (Å²) in [6.45, 7) is 0.987. The van der Waals surface area contributed by atoms with Crippen LogP contribution in [0, 0.1) is 5.92 Å². The van der Waals surface area contributed by atoms with Gasteiger partial charge in [-0.15, -0.1) is 0 Å². The van der Waals surface area contributed by atoms with Gasteiger partial charge in [0.25, 0.3) is 0 Å². The van der Waals surface area contributed by atoms with Crippen molar-refractivity contribution in [1.29, 1.82) is 0 Å². The number of rotatable bonds is 4. The van der Waals surface area contributed by atoms with E-state index in [1.165, 1.54) is 19.3 Å². The van der Waals surface area contributed by atoms with E-state index in [-0.39, 0.29) is 0 Å². The van der Waals surface area contributed by atoms with Crippen LogP contribution in [0.25, 0.3) is 0 Å². The highest BCUT2D eigenvalue weighted by Crippen LogP contribution is 2.31. The molecule has 3 N–H and O–H groups in total. The number of nitrogens with zero attached hydrogens (tertiary/aromatic N) is 2. The summed E-state index contributed by atoms with van der Waals surface area (Å²) in [5, 5.41) is 3.23. The van der Waals surface area contributed by atoms with Gasteiger partial charge in [-0.25, -0.2) is 4.98 Å². The molecule has 1 fully saturated rings. The zero-order chi connectivity index (χ0) is 9.10. The van der Waals surface area contributed by atoms with Gasteiger partial charge in [-0.3, -0.25) is 0 Å². The quantitative estimate of drug-likeness (QED) is 0.728. The van der Waals surface area contributed by atoms with E-state index in [1.807, 2.05) is 6.07 Å². The molecule has 0 spiro atoms. The Balaban J connectivity index is 1.79. The molecule has 0 saturated heterocycles. The largest absolute Gasteiger partial charge is 0.370 e. The Morgan fingerprint density at radius 2 is 2.38 bits per heavy atom. The van der Waals surface area contributed by atoms with E-state index in [9.17, 15) is 0 Å². The zero-order valence-electron chi connectivity index (χ0n) is 7.53. The molecule has 0 amide bonds. The lowest BCUT2D eigenvalue weighted by atomic mass is 10.3. The van der Waals surface area contributed by atoms with E-state index in [2.05, 4.69) is 15.3 Å². The third kappa shape index (κ3) is 2.57. The molecular formula is C9H14N4. The predicted octanol–water partition coefficient (Wildman–Crippen LogP) is 1.27. The van der Waals surface area contributed by atoms with Gasteiger partial charge in [0.05, 0.1) is 0 Å². The molecule has 13 heavy (non-hydrogen) atoms. The van der Waals surface area contributed by atoms with Crippen molar-refractivity contribution in [2.75, 3.05) is 17.6 Å². The molecule has 1 saturated carbocycles. The van der Waals surface area contributed by atoms with E-state index in [0.717, 1.165) is 18.3 Å². The van der Waals surface area contributed by atoms with Gasteiger partial charge in [0, 0.05) is 12.7 Å². The molecule has 2 rings (SSSR count). The summed E-state index contributed by atoms with van der Waals surface area (Å²) in [6.07, 6.45) is 5.70. The standard InChI is InChI=1S/C9H14N4/c10-9-12-6-4-8(13-9)11-5-3-7-1-2-7/h4,6-7H,1-3,5H2,(H3,10,11,12,13). The molecule has 0 unspecified atom stereocenters. The summed E-state index contributed by atoms with van der Waals surface area (Å²) >= 11 is 0. The van der Waals surface area contributed by atoms with Crippen LogP contribution in [-0.2, 0) is 0 Å². The van der Waals surface area contributed by atoms with Gasteiger partial charge in [-0.1, -0.05) is 12.8 Å². The highest BCUT2D eigenvalue weighted by atomic mass is 15.1. The van der Waals surface area contributed by atoms with Crippen molar-refractivity contribution < 1.29 is 0 Å². The maximum Gasteiger partial charge on any atom is 0.221 e. The third-order valence-electron chi connectivity index (χ3n) is 2.23. The first kappa shape index (κ1) is 8.29. The molecule has 0 aliphatic heterocycles. The highest BCUT2D eigenvalue weighted by molar-refractivity contribution is 5.37. The summed E-state index contributed by atoms with van der Waals surface area (Å²) in [5.74, 6) is 2.11. The minimum atomic E-state index is 0.330. The first-order valence-corrected chi connectivity index (χ1v) is 4.67. The molecule has 1 aromatic heterocycles. The maximum atomic E-state index is 5.44. The molecule has 0 radical (unpaired) electrons. The first-order chi connectivity index (χ1) is 6.34. The molecular weight excluding hydrogens is 164 g/mol. The lowest BCUT2D eigenvalue weighted by molar-refractivity contribution is 0.758. The van der Waals surface area contributed by atoms with Crippen molar-refractivity contribution >= 4 is 11.8 Å². The number of aromatic nitrogens is 2. The highest BCUT2D eigenvalue weighted by Gasteiger charge is 2.20. The van der Waals surface area contributed by atoms with Gasteiger partial charge in [0.2, 0.25) is 5.95 Å². The molecule has 0 bridgehead atoms. The molecule has 0 atom stereocenters. The Morgan fingerprint density at radius 3 is 3.08 bits per heavy atom. The fourth-order valence-electron chi connectivity index (χ4n) is 1.28. The molecule has 4 heteroatoms. The lowest BCUT2D eigenvalue weighted by Gasteiger charge is -2.03. The van der Waals surface area contributed by atoms with Gasteiger partial charge in [-0.05, 0) is 18.4 Å². The molecule has 1 aromatic rings. The predicted molar refractivity (Wildman–Crippen MR) is 52.3 cm³/mol. The summed E-state index contributed by atoms with van der Waals surface area (Å²) in [4.78, 5) is 7.87. The zero-order valence-corrected chi connectivity index (χ0v) is 7.53. The van der Waals surface area contributed by atoms with Crippen molar-refractivity contribution in [2.45, 2.75) is 19.3 Å². The minimum Gasteiger partial charge on any atom is -0.370 e. The molecule has 0 aromatic carbocycles. The van der Waals surface area contributed by atoms with Crippen LogP contribution in [-0.4, -0.2) is 16.5 Å². The number of nitrogens with one attached hydrogen (secondary N) is 1. The summed E-state index contributed by atoms with van der Waals surface area (Å²) in [6, 6.07) is 1.84. The van der Waals surface area contributed by atoms with E-state index in [1.54, 1.807) is 6.20 Å². The van der Waals surface area contributed by atoms with E-state index in [4.69, 9.17) is 5.73 Å². The second-order valence-corrected chi connectivity index (χ2v) is 3.46. The molecule has 1 aliphatic carbocycles.